The fourth-order valence-electron chi connectivity index (χ4n) is 2.38. The van der Waals surface area contributed by atoms with Crippen molar-refractivity contribution in [3.63, 3.8) is 0 Å². The topological polar surface area (TPSA) is 102 Å². The zero-order valence-corrected chi connectivity index (χ0v) is 11.1. The predicted molar refractivity (Wildman–Crippen MR) is 72.0 cm³/mol. The summed E-state index contributed by atoms with van der Waals surface area (Å²) >= 11 is 0. The highest BCUT2D eigenvalue weighted by Gasteiger charge is 2.30. The molecule has 0 saturated heterocycles. The summed E-state index contributed by atoms with van der Waals surface area (Å²) in [6.45, 7) is 0. The fourth-order valence-corrected chi connectivity index (χ4v) is 2.38. The van der Waals surface area contributed by atoms with Crippen LogP contribution in [-0.4, -0.2) is 23.1 Å². The van der Waals surface area contributed by atoms with Crippen molar-refractivity contribution in [3.05, 3.63) is 29.6 Å². The summed E-state index contributed by atoms with van der Waals surface area (Å²) in [5.41, 5.74) is 0.151. The van der Waals surface area contributed by atoms with E-state index >= 15 is 0 Å². The van der Waals surface area contributed by atoms with Crippen LogP contribution in [0, 0.1) is 23.1 Å². The van der Waals surface area contributed by atoms with Crippen LogP contribution in [0.4, 0.5) is 14.9 Å². The number of benzene rings is 1. The van der Waals surface area contributed by atoms with Gasteiger partial charge in [-0.05, 0) is 37.5 Å². The second-order valence-corrected chi connectivity index (χ2v) is 4.95. The number of carbonyl (C=O) groups is 2. The molecule has 110 valence electrons. The Labute approximate surface area is 120 Å². The van der Waals surface area contributed by atoms with Crippen LogP contribution in [0.3, 0.4) is 0 Å². The molecular formula is C14H14FN3O3. The van der Waals surface area contributed by atoms with E-state index < -0.39 is 23.7 Å². The number of nitrogens with one attached hydrogen (secondary N) is 2. The molecule has 1 saturated carbocycles. The van der Waals surface area contributed by atoms with Gasteiger partial charge >= 0.3 is 12.0 Å². The highest BCUT2D eigenvalue weighted by Crippen LogP contribution is 2.25. The van der Waals surface area contributed by atoms with Gasteiger partial charge in [0.15, 0.2) is 0 Å². The molecule has 1 aliphatic rings. The predicted octanol–water partition coefficient (Wildman–Crippen LogP) is 2.07. The molecule has 1 aromatic rings. The summed E-state index contributed by atoms with van der Waals surface area (Å²) in [6, 6.07) is 4.69. The maximum atomic E-state index is 13.1. The van der Waals surface area contributed by atoms with Crippen molar-refractivity contribution < 1.29 is 19.1 Å². The number of amides is 2. The molecule has 0 aliphatic heterocycles. The number of nitriles is 1. The lowest BCUT2D eigenvalue weighted by molar-refractivity contribution is -0.141. The minimum atomic E-state index is -0.850. The van der Waals surface area contributed by atoms with Crippen LogP contribution in [-0.2, 0) is 4.79 Å². The lowest BCUT2D eigenvalue weighted by Gasteiger charge is -2.13. The molecule has 0 aromatic heterocycles. The van der Waals surface area contributed by atoms with Crippen molar-refractivity contribution in [1.82, 2.24) is 5.32 Å². The molecule has 2 amide bonds. The van der Waals surface area contributed by atoms with Crippen LogP contribution < -0.4 is 10.6 Å². The maximum absolute atomic E-state index is 13.1. The van der Waals surface area contributed by atoms with Gasteiger partial charge in [-0.15, -0.1) is 0 Å². The van der Waals surface area contributed by atoms with E-state index in [1.165, 1.54) is 12.1 Å². The summed E-state index contributed by atoms with van der Waals surface area (Å²) in [5, 5.41) is 22.8. The number of urea groups is 1. The third kappa shape index (κ3) is 3.69. The van der Waals surface area contributed by atoms with Crippen LogP contribution in [0.1, 0.15) is 24.8 Å². The Bertz CT molecular complexity index is 612. The lowest BCUT2D eigenvalue weighted by Crippen LogP contribution is -2.36. The molecule has 0 spiro atoms. The molecule has 3 N–H and O–H groups in total. The van der Waals surface area contributed by atoms with Crippen molar-refractivity contribution in [2.75, 3.05) is 5.32 Å². The van der Waals surface area contributed by atoms with Gasteiger partial charge in [-0.1, -0.05) is 0 Å². The van der Waals surface area contributed by atoms with Crippen LogP contribution in [0.5, 0.6) is 0 Å². The molecule has 1 aliphatic carbocycles. The van der Waals surface area contributed by atoms with Gasteiger partial charge in [-0.25, -0.2) is 9.18 Å². The van der Waals surface area contributed by atoms with Crippen LogP contribution in [0.2, 0.25) is 0 Å². The van der Waals surface area contributed by atoms with Gasteiger partial charge in [0.2, 0.25) is 0 Å². The third-order valence-electron chi connectivity index (χ3n) is 3.46. The highest BCUT2D eigenvalue weighted by molar-refractivity contribution is 5.89. The number of aliphatic carboxylic acids is 1. The monoisotopic (exact) mass is 291 g/mol. The average molecular weight is 291 g/mol. The zero-order chi connectivity index (χ0) is 15.4. The largest absolute Gasteiger partial charge is 0.481 e. The minimum Gasteiger partial charge on any atom is -0.481 e. The molecule has 0 bridgehead atoms. The van der Waals surface area contributed by atoms with Gasteiger partial charge in [0.1, 0.15) is 11.9 Å². The van der Waals surface area contributed by atoms with Gasteiger partial charge in [0, 0.05) is 11.7 Å². The quantitative estimate of drug-likeness (QED) is 0.793. The van der Waals surface area contributed by atoms with Crippen molar-refractivity contribution in [3.8, 4) is 6.07 Å². The average Bonchev–Trinajstić information content (AvgIpc) is 2.89. The van der Waals surface area contributed by atoms with E-state index in [2.05, 4.69) is 10.6 Å². The van der Waals surface area contributed by atoms with E-state index in [1.54, 1.807) is 6.07 Å². The first-order chi connectivity index (χ1) is 9.99. The van der Waals surface area contributed by atoms with Crippen LogP contribution in [0.25, 0.3) is 0 Å². The standard InChI is InChI=1S/C14H14FN3O3/c15-12-4-3-11(6-9(12)7-16)18-14(21)17-10-2-1-8(5-10)13(19)20/h3-4,6,8,10H,1-2,5H2,(H,19,20)(H2,17,18,21). The van der Waals surface area contributed by atoms with Gasteiger partial charge in [0.05, 0.1) is 11.5 Å². The van der Waals surface area contributed by atoms with Crippen molar-refractivity contribution >= 4 is 17.7 Å². The molecule has 2 atom stereocenters. The Kier molecular flexibility index (Phi) is 4.38. The summed E-state index contributed by atoms with van der Waals surface area (Å²) in [5.74, 6) is -1.92. The lowest BCUT2D eigenvalue weighted by atomic mass is 10.1. The molecule has 1 fully saturated rings. The van der Waals surface area contributed by atoms with E-state index in [1.807, 2.05) is 0 Å². The summed E-state index contributed by atoms with van der Waals surface area (Å²) < 4.78 is 13.1. The number of carbonyl (C=O) groups excluding carboxylic acids is 1. The first-order valence-corrected chi connectivity index (χ1v) is 6.49. The van der Waals surface area contributed by atoms with Crippen molar-refractivity contribution in [1.29, 1.82) is 5.26 Å². The van der Waals surface area contributed by atoms with Gasteiger partial charge in [-0.2, -0.15) is 5.26 Å². The van der Waals surface area contributed by atoms with E-state index in [9.17, 15) is 14.0 Å². The molecule has 0 radical (unpaired) electrons. The number of hydrogen-bond acceptors (Lipinski definition) is 3. The number of nitrogens with zero attached hydrogens (tertiary/aromatic N) is 1. The Morgan fingerprint density at radius 1 is 1.38 bits per heavy atom. The molecule has 2 unspecified atom stereocenters. The van der Waals surface area contributed by atoms with Gasteiger partial charge < -0.3 is 15.7 Å². The first-order valence-electron chi connectivity index (χ1n) is 6.49. The summed E-state index contributed by atoms with van der Waals surface area (Å²) in [7, 11) is 0. The zero-order valence-electron chi connectivity index (χ0n) is 11.1. The number of carboxylic acids is 1. The van der Waals surface area contributed by atoms with Crippen LogP contribution in [0.15, 0.2) is 18.2 Å². The SMILES string of the molecule is N#Cc1cc(NC(=O)NC2CCC(C(=O)O)C2)ccc1F. The molecule has 21 heavy (non-hydrogen) atoms. The minimum absolute atomic E-state index is 0.153. The Morgan fingerprint density at radius 2 is 2.14 bits per heavy atom. The van der Waals surface area contributed by atoms with Gasteiger partial charge in [0.25, 0.3) is 0 Å². The maximum Gasteiger partial charge on any atom is 0.319 e. The second-order valence-electron chi connectivity index (χ2n) is 4.95. The Hall–Kier alpha value is -2.62. The van der Waals surface area contributed by atoms with E-state index in [-0.39, 0.29) is 11.6 Å². The number of anilines is 1. The molecule has 6 nitrogen and oxygen atoms in total. The Morgan fingerprint density at radius 3 is 2.76 bits per heavy atom. The van der Waals surface area contributed by atoms with Crippen molar-refractivity contribution in [2.45, 2.75) is 25.3 Å². The highest BCUT2D eigenvalue weighted by atomic mass is 19.1. The third-order valence-corrected chi connectivity index (χ3v) is 3.46. The molecular weight excluding hydrogens is 277 g/mol. The number of carboxylic acid groups (broad SMARTS) is 1. The summed E-state index contributed by atoms with van der Waals surface area (Å²) in [4.78, 5) is 22.6. The molecule has 0 heterocycles. The van der Waals surface area contributed by atoms with E-state index in [4.69, 9.17) is 10.4 Å². The van der Waals surface area contributed by atoms with E-state index in [0.717, 1.165) is 6.07 Å². The second kappa shape index (κ2) is 6.22. The molecule has 2 rings (SSSR count). The normalized spacial score (nSPS) is 20.6. The molecule has 1 aromatic carbocycles. The van der Waals surface area contributed by atoms with E-state index in [0.29, 0.717) is 24.9 Å². The van der Waals surface area contributed by atoms with Gasteiger partial charge in [-0.3, -0.25) is 4.79 Å². The number of halogens is 1. The van der Waals surface area contributed by atoms with Crippen LogP contribution >= 0.6 is 0 Å². The fraction of sp³-hybridized carbons (Fsp3) is 0.357. The smallest absolute Gasteiger partial charge is 0.319 e. The number of hydrogen-bond donors (Lipinski definition) is 3. The molecule has 7 heteroatoms. The summed E-state index contributed by atoms with van der Waals surface area (Å²) in [6.07, 6.45) is 1.54. The van der Waals surface area contributed by atoms with Crippen molar-refractivity contribution in [2.24, 2.45) is 5.92 Å². The Balaban J connectivity index is 1.91. The number of rotatable bonds is 3. The first kappa shape index (κ1) is 14.8.